The number of benzene rings is 1. The minimum absolute atomic E-state index is 0.315. The predicted molar refractivity (Wildman–Crippen MR) is 92.8 cm³/mol. The zero-order valence-electron chi connectivity index (χ0n) is 14.6. The minimum Gasteiger partial charge on any atom is -0.497 e. The van der Waals surface area contributed by atoms with Crippen molar-refractivity contribution in [2.75, 3.05) is 7.11 Å². The van der Waals surface area contributed by atoms with E-state index in [1.807, 2.05) is 30.3 Å². The van der Waals surface area contributed by atoms with Crippen LogP contribution < -0.4 is 10.5 Å². The molecular weight excluding hydrogens is 334 g/mol. The van der Waals surface area contributed by atoms with Crippen molar-refractivity contribution in [3.8, 4) is 5.75 Å². The van der Waals surface area contributed by atoms with Crippen LogP contribution in [0.4, 0.5) is 0 Å². The maximum absolute atomic E-state index is 6.31. The fraction of sp³-hybridized carbons (Fsp3) is 0.353. The number of aryl methyl sites for hydroxylation is 1. The van der Waals surface area contributed by atoms with E-state index in [-0.39, 0.29) is 0 Å². The van der Waals surface area contributed by atoms with Gasteiger partial charge < -0.3 is 15.0 Å². The van der Waals surface area contributed by atoms with Crippen LogP contribution in [-0.2, 0) is 5.54 Å². The second-order valence-corrected chi connectivity index (χ2v) is 6.38. The van der Waals surface area contributed by atoms with E-state index in [2.05, 4.69) is 25.7 Å². The summed E-state index contributed by atoms with van der Waals surface area (Å²) in [4.78, 5) is 4.52. The van der Waals surface area contributed by atoms with E-state index >= 15 is 0 Å². The van der Waals surface area contributed by atoms with Gasteiger partial charge in [0.2, 0.25) is 0 Å². The molecule has 9 nitrogen and oxygen atoms in total. The van der Waals surface area contributed by atoms with E-state index in [4.69, 9.17) is 15.0 Å². The summed E-state index contributed by atoms with van der Waals surface area (Å²) in [5.41, 5.74) is 7.27. The third-order valence-electron chi connectivity index (χ3n) is 4.59. The number of tetrazole rings is 1. The molecular formula is C17H19N7O2. The molecule has 0 spiro atoms. The summed E-state index contributed by atoms with van der Waals surface area (Å²) in [7, 11) is 1.62. The van der Waals surface area contributed by atoms with Gasteiger partial charge in [0.1, 0.15) is 11.4 Å². The van der Waals surface area contributed by atoms with E-state index in [0.717, 1.165) is 30.6 Å². The normalized spacial score (nSPS) is 16.3. The number of hydrogen-bond donors (Lipinski definition) is 1. The highest BCUT2D eigenvalue weighted by atomic mass is 16.5. The third kappa shape index (κ3) is 2.86. The van der Waals surface area contributed by atoms with Crippen molar-refractivity contribution in [2.45, 2.75) is 31.7 Å². The standard InChI is InChI=1S/C17H19N7O2/c1-11-20-22-23-24(11)14(10-12-5-3-6-13(9-12)25-2)15-19-16(21-26-15)17(18)7-4-8-17/h3,5-6,9-10H,4,7-8,18H2,1-2H3/b14-10-. The lowest BCUT2D eigenvalue weighted by Gasteiger charge is -2.34. The molecule has 2 aromatic heterocycles. The lowest BCUT2D eigenvalue weighted by molar-refractivity contribution is 0.229. The minimum atomic E-state index is -0.501. The second-order valence-electron chi connectivity index (χ2n) is 6.38. The Bertz CT molecular complexity index is 955. The maximum Gasteiger partial charge on any atom is 0.276 e. The Morgan fingerprint density at radius 3 is 2.88 bits per heavy atom. The van der Waals surface area contributed by atoms with E-state index in [0.29, 0.717) is 23.2 Å². The molecule has 0 amide bonds. The highest BCUT2D eigenvalue weighted by Gasteiger charge is 2.39. The van der Waals surface area contributed by atoms with Gasteiger partial charge in [0, 0.05) is 0 Å². The van der Waals surface area contributed by atoms with Crippen LogP contribution in [0.25, 0.3) is 11.8 Å². The smallest absolute Gasteiger partial charge is 0.276 e. The molecule has 3 aromatic rings. The zero-order valence-corrected chi connectivity index (χ0v) is 14.6. The van der Waals surface area contributed by atoms with Crippen LogP contribution in [0.15, 0.2) is 28.8 Å². The van der Waals surface area contributed by atoms with Gasteiger partial charge in [-0.2, -0.15) is 9.67 Å². The molecule has 0 unspecified atom stereocenters. The molecule has 0 radical (unpaired) electrons. The average Bonchev–Trinajstić information content (AvgIpc) is 3.27. The molecule has 1 aliphatic rings. The van der Waals surface area contributed by atoms with Crippen LogP contribution in [-0.4, -0.2) is 37.5 Å². The number of aromatic nitrogens is 6. The lowest BCUT2D eigenvalue weighted by Crippen LogP contribution is -2.44. The Hall–Kier alpha value is -3.07. The first-order valence-electron chi connectivity index (χ1n) is 8.34. The molecule has 1 aliphatic carbocycles. The Morgan fingerprint density at radius 1 is 1.38 bits per heavy atom. The molecule has 9 heteroatoms. The molecule has 0 aliphatic heterocycles. The summed E-state index contributed by atoms with van der Waals surface area (Å²) >= 11 is 0. The maximum atomic E-state index is 6.31. The molecule has 1 fully saturated rings. The Kier molecular flexibility index (Phi) is 4.00. The van der Waals surface area contributed by atoms with Gasteiger partial charge in [-0.1, -0.05) is 17.3 Å². The van der Waals surface area contributed by atoms with Crippen LogP contribution in [0.3, 0.4) is 0 Å². The van der Waals surface area contributed by atoms with Crippen LogP contribution in [0.2, 0.25) is 0 Å². The lowest BCUT2D eigenvalue weighted by atomic mass is 9.77. The molecule has 1 saturated carbocycles. The van der Waals surface area contributed by atoms with Crippen molar-refractivity contribution in [1.82, 2.24) is 30.3 Å². The SMILES string of the molecule is COc1cccc(/C=C(/c2nc(C3(N)CCC3)no2)n2nnnc2C)c1. The Balaban J connectivity index is 1.79. The number of nitrogens with two attached hydrogens (primary N) is 1. The molecule has 2 N–H and O–H groups in total. The van der Waals surface area contributed by atoms with E-state index in [1.165, 1.54) is 0 Å². The first-order valence-corrected chi connectivity index (χ1v) is 8.34. The summed E-state index contributed by atoms with van der Waals surface area (Å²) in [5.74, 6) is 2.18. The number of rotatable bonds is 5. The van der Waals surface area contributed by atoms with Crippen molar-refractivity contribution in [3.05, 3.63) is 47.4 Å². The van der Waals surface area contributed by atoms with Gasteiger partial charge in [0.05, 0.1) is 12.6 Å². The molecule has 2 heterocycles. The first-order chi connectivity index (χ1) is 12.6. The van der Waals surface area contributed by atoms with Gasteiger partial charge in [0.15, 0.2) is 11.6 Å². The van der Waals surface area contributed by atoms with Gasteiger partial charge in [-0.3, -0.25) is 0 Å². The number of hydrogen-bond acceptors (Lipinski definition) is 8. The second kappa shape index (κ2) is 6.34. The zero-order chi connectivity index (χ0) is 18.1. The van der Waals surface area contributed by atoms with Gasteiger partial charge in [-0.05, 0) is 60.4 Å². The van der Waals surface area contributed by atoms with Crippen molar-refractivity contribution in [2.24, 2.45) is 5.73 Å². The van der Waals surface area contributed by atoms with Crippen LogP contribution >= 0.6 is 0 Å². The molecule has 4 rings (SSSR count). The molecule has 0 bridgehead atoms. The predicted octanol–water partition coefficient (Wildman–Crippen LogP) is 1.76. The highest BCUT2D eigenvalue weighted by molar-refractivity contribution is 5.78. The van der Waals surface area contributed by atoms with Crippen molar-refractivity contribution >= 4 is 11.8 Å². The van der Waals surface area contributed by atoms with Crippen molar-refractivity contribution in [3.63, 3.8) is 0 Å². The quantitative estimate of drug-likeness (QED) is 0.737. The van der Waals surface area contributed by atoms with Crippen LogP contribution in [0.5, 0.6) is 5.75 Å². The molecule has 134 valence electrons. The fourth-order valence-corrected chi connectivity index (χ4v) is 2.87. The van der Waals surface area contributed by atoms with E-state index in [9.17, 15) is 0 Å². The number of methoxy groups -OCH3 is 1. The third-order valence-corrected chi connectivity index (χ3v) is 4.59. The summed E-state index contributed by atoms with van der Waals surface area (Å²) in [6.45, 7) is 1.80. The summed E-state index contributed by atoms with van der Waals surface area (Å²) < 4.78 is 12.3. The molecule has 1 aromatic carbocycles. The van der Waals surface area contributed by atoms with E-state index in [1.54, 1.807) is 18.7 Å². The largest absolute Gasteiger partial charge is 0.497 e. The first kappa shape index (κ1) is 16.4. The highest BCUT2D eigenvalue weighted by Crippen LogP contribution is 2.37. The van der Waals surface area contributed by atoms with Gasteiger partial charge in [-0.25, -0.2) is 0 Å². The van der Waals surface area contributed by atoms with Gasteiger partial charge in [0.25, 0.3) is 5.89 Å². The summed E-state index contributed by atoms with van der Waals surface area (Å²) in [5, 5.41) is 15.8. The van der Waals surface area contributed by atoms with Crippen molar-refractivity contribution < 1.29 is 9.26 Å². The van der Waals surface area contributed by atoms with Gasteiger partial charge in [-0.15, -0.1) is 5.10 Å². The Labute approximate surface area is 149 Å². The summed E-state index contributed by atoms with van der Waals surface area (Å²) in [6.07, 6.45) is 4.64. The topological polar surface area (TPSA) is 118 Å². The van der Waals surface area contributed by atoms with Gasteiger partial charge >= 0.3 is 0 Å². The van der Waals surface area contributed by atoms with Crippen molar-refractivity contribution in [1.29, 1.82) is 0 Å². The molecule has 0 saturated heterocycles. The fourth-order valence-electron chi connectivity index (χ4n) is 2.87. The number of nitrogens with zero attached hydrogens (tertiary/aromatic N) is 6. The molecule has 26 heavy (non-hydrogen) atoms. The molecule has 0 atom stereocenters. The number of ether oxygens (including phenoxy) is 1. The van der Waals surface area contributed by atoms with Crippen LogP contribution in [0, 0.1) is 6.92 Å². The van der Waals surface area contributed by atoms with E-state index < -0.39 is 5.54 Å². The Morgan fingerprint density at radius 2 is 2.23 bits per heavy atom. The monoisotopic (exact) mass is 353 g/mol. The average molecular weight is 353 g/mol. The summed E-state index contributed by atoms with van der Waals surface area (Å²) in [6, 6.07) is 7.61. The van der Waals surface area contributed by atoms with Crippen LogP contribution in [0.1, 0.15) is 42.4 Å².